The first-order chi connectivity index (χ1) is 5.86. The molecule has 0 saturated carbocycles. The highest BCUT2D eigenvalue weighted by Crippen LogP contribution is 2.15. The molecule has 1 aromatic heterocycles. The number of aromatic nitrogens is 2. The second kappa shape index (κ2) is 3.37. The van der Waals surface area contributed by atoms with Crippen molar-refractivity contribution in [3.8, 4) is 0 Å². The lowest BCUT2D eigenvalue weighted by molar-refractivity contribution is 0.484. The van der Waals surface area contributed by atoms with Crippen molar-refractivity contribution in [2.24, 2.45) is 0 Å². The van der Waals surface area contributed by atoms with Gasteiger partial charge in [0.1, 0.15) is 6.33 Å². The van der Waals surface area contributed by atoms with Crippen LogP contribution in [0.5, 0.6) is 0 Å². The lowest BCUT2D eigenvalue weighted by atomic mass is 10.2. The number of rotatable bonds is 1. The Labute approximate surface area is 75.8 Å². The monoisotopic (exact) mass is 184 g/mol. The van der Waals surface area contributed by atoms with E-state index in [2.05, 4.69) is 26.5 Å². The molecule has 0 unspecified atom stereocenters. The second-order valence-corrected chi connectivity index (χ2v) is 3.78. The van der Waals surface area contributed by atoms with Crippen molar-refractivity contribution in [3.63, 3.8) is 0 Å². The number of anilines is 1. The zero-order valence-corrected chi connectivity index (χ0v) is 7.84. The summed E-state index contributed by atoms with van der Waals surface area (Å²) in [6, 6.07) is 0.558. The van der Waals surface area contributed by atoms with Crippen molar-refractivity contribution in [2.45, 2.75) is 13.0 Å². The molecule has 2 rings (SSSR count). The second-order valence-electron chi connectivity index (χ2n) is 3.03. The molecule has 66 valence electrons. The summed E-state index contributed by atoms with van der Waals surface area (Å²) in [5.41, 5.74) is 0. The third-order valence-electron chi connectivity index (χ3n) is 1.99. The molecule has 5 heteroatoms. The normalized spacial score (nSPS) is 24.4. The van der Waals surface area contributed by atoms with Gasteiger partial charge in [0, 0.05) is 37.2 Å². The molecule has 1 saturated heterocycles. The van der Waals surface area contributed by atoms with Gasteiger partial charge in [-0.3, -0.25) is 0 Å². The molecule has 1 aliphatic rings. The minimum Gasteiger partial charge on any atom is -0.344 e. The largest absolute Gasteiger partial charge is 0.344 e. The highest BCUT2D eigenvalue weighted by molar-refractivity contribution is 7.09. The number of nitrogens with zero attached hydrogens (tertiary/aromatic N) is 3. The molecular formula is C7H12N4S. The van der Waals surface area contributed by atoms with E-state index in [4.69, 9.17) is 0 Å². The van der Waals surface area contributed by atoms with Crippen molar-refractivity contribution < 1.29 is 0 Å². The van der Waals surface area contributed by atoms with E-state index in [-0.39, 0.29) is 0 Å². The summed E-state index contributed by atoms with van der Waals surface area (Å²) >= 11 is 1.47. The Balaban J connectivity index is 2.04. The van der Waals surface area contributed by atoms with Crippen LogP contribution >= 0.6 is 11.5 Å². The van der Waals surface area contributed by atoms with E-state index in [9.17, 15) is 0 Å². The Hall–Kier alpha value is -0.680. The maximum absolute atomic E-state index is 4.18. The van der Waals surface area contributed by atoms with Gasteiger partial charge >= 0.3 is 0 Å². The minimum atomic E-state index is 0.558. The third kappa shape index (κ3) is 1.56. The van der Waals surface area contributed by atoms with E-state index in [1.165, 1.54) is 11.5 Å². The quantitative estimate of drug-likeness (QED) is 0.683. The summed E-state index contributed by atoms with van der Waals surface area (Å²) in [6.07, 6.45) is 1.62. The topological polar surface area (TPSA) is 41.1 Å². The highest BCUT2D eigenvalue weighted by Gasteiger charge is 2.17. The van der Waals surface area contributed by atoms with E-state index < -0.39 is 0 Å². The number of piperazine rings is 1. The van der Waals surface area contributed by atoms with Crippen LogP contribution in [0, 0.1) is 0 Å². The van der Waals surface area contributed by atoms with Crippen molar-refractivity contribution in [3.05, 3.63) is 6.33 Å². The van der Waals surface area contributed by atoms with Crippen LogP contribution in [-0.2, 0) is 0 Å². The minimum absolute atomic E-state index is 0.558. The zero-order valence-electron chi connectivity index (χ0n) is 7.03. The number of hydrogen-bond acceptors (Lipinski definition) is 5. The summed E-state index contributed by atoms with van der Waals surface area (Å²) in [6.45, 7) is 5.31. The Morgan fingerprint density at radius 1 is 1.75 bits per heavy atom. The molecular weight excluding hydrogens is 172 g/mol. The first-order valence-electron chi connectivity index (χ1n) is 4.11. The Morgan fingerprint density at radius 2 is 2.67 bits per heavy atom. The van der Waals surface area contributed by atoms with Gasteiger partial charge in [0.25, 0.3) is 0 Å². The van der Waals surface area contributed by atoms with Crippen LogP contribution in [0.3, 0.4) is 0 Å². The van der Waals surface area contributed by atoms with Crippen LogP contribution in [-0.4, -0.2) is 35.0 Å². The fourth-order valence-corrected chi connectivity index (χ4v) is 1.98. The molecule has 1 aromatic rings. The molecule has 1 aliphatic heterocycles. The van der Waals surface area contributed by atoms with Crippen molar-refractivity contribution >= 4 is 16.7 Å². The molecule has 4 nitrogen and oxygen atoms in total. The Morgan fingerprint density at radius 3 is 3.33 bits per heavy atom. The van der Waals surface area contributed by atoms with Gasteiger partial charge in [-0.1, -0.05) is 0 Å². The molecule has 0 bridgehead atoms. The van der Waals surface area contributed by atoms with Gasteiger partial charge in [-0.25, -0.2) is 4.98 Å². The van der Waals surface area contributed by atoms with Crippen LogP contribution < -0.4 is 10.2 Å². The molecule has 0 amide bonds. The van der Waals surface area contributed by atoms with E-state index in [1.807, 2.05) is 0 Å². The number of nitrogens with one attached hydrogen (secondary N) is 1. The lowest BCUT2D eigenvalue weighted by Gasteiger charge is -2.31. The molecule has 0 aromatic carbocycles. The fraction of sp³-hybridized carbons (Fsp3) is 0.714. The van der Waals surface area contributed by atoms with Gasteiger partial charge < -0.3 is 10.2 Å². The lowest BCUT2D eigenvalue weighted by Crippen LogP contribution is -2.49. The molecule has 1 N–H and O–H groups in total. The average molecular weight is 184 g/mol. The van der Waals surface area contributed by atoms with E-state index in [0.29, 0.717) is 6.04 Å². The summed E-state index contributed by atoms with van der Waals surface area (Å²) in [5, 5.41) is 4.43. The van der Waals surface area contributed by atoms with Crippen molar-refractivity contribution in [1.29, 1.82) is 0 Å². The van der Waals surface area contributed by atoms with Crippen LogP contribution in [0.2, 0.25) is 0 Å². The number of hydrogen-bond donors (Lipinski definition) is 1. The van der Waals surface area contributed by atoms with E-state index in [0.717, 1.165) is 24.8 Å². The molecule has 1 atom stereocenters. The first kappa shape index (κ1) is 7.94. The SMILES string of the molecule is C[C@H]1CN(c2ncns2)CCN1. The molecule has 0 spiro atoms. The first-order valence-corrected chi connectivity index (χ1v) is 4.88. The van der Waals surface area contributed by atoms with Crippen LogP contribution in [0.25, 0.3) is 0 Å². The zero-order chi connectivity index (χ0) is 8.39. The smallest absolute Gasteiger partial charge is 0.205 e. The highest BCUT2D eigenvalue weighted by atomic mass is 32.1. The Bertz CT molecular complexity index is 236. The van der Waals surface area contributed by atoms with Crippen molar-refractivity contribution in [2.75, 3.05) is 24.5 Å². The van der Waals surface area contributed by atoms with Gasteiger partial charge in [-0.05, 0) is 6.92 Å². The predicted molar refractivity (Wildman–Crippen MR) is 49.6 cm³/mol. The van der Waals surface area contributed by atoms with Gasteiger partial charge in [0.05, 0.1) is 0 Å². The van der Waals surface area contributed by atoms with E-state index >= 15 is 0 Å². The maximum atomic E-state index is 4.18. The standard InChI is InChI=1S/C7H12N4S/c1-6-4-11(3-2-8-6)7-9-5-10-12-7/h5-6,8H,2-4H2,1H3/t6-/m0/s1. The fourth-order valence-electron chi connectivity index (χ4n) is 1.41. The van der Waals surface area contributed by atoms with E-state index in [1.54, 1.807) is 6.33 Å². The Kier molecular flexibility index (Phi) is 2.23. The van der Waals surface area contributed by atoms with Gasteiger partial charge in [-0.15, -0.1) is 0 Å². The summed E-state index contributed by atoms with van der Waals surface area (Å²) < 4.78 is 3.99. The van der Waals surface area contributed by atoms with Gasteiger partial charge in [-0.2, -0.15) is 4.37 Å². The summed E-state index contributed by atoms with van der Waals surface area (Å²) in [7, 11) is 0. The van der Waals surface area contributed by atoms with Crippen LogP contribution in [0.4, 0.5) is 5.13 Å². The maximum Gasteiger partial charge on any atom is 0.205 e. The van der Waals surface area contributed by atoms with Crippen LogP contribution in [0.15, 0.2) is 6.33 Å². The molecule has 12 heavy (non-hydrogen) atoms. The van der Waals surface area contributed by atoms with Gasteiger partial charge in [0.2, 0.25) is 5.13 Å². The summed E-state index contributed by atoms with van der Waals surface area (Å²) in [5.74, 6) is 0. The molecule has 0 radical (unpaired) electrons. The molecule has 0 aliphatic carbocycles. The van der Waals surface area contributed by atoms with Gasteiger partial charge in [0.15, 0.2) is 0 Å². The van der Waals surface area contributed by atoms with Crippen LogP contribution in [0.1, 0.15) is 6.92 Å². The predicted octanol–water partition coefficient (Wildman–Crippen LogP) is 0.336. The summed E-state index contributed by atoms with van der Waals surface area (Å²) in [4.78, 5) is 6.46. The molecule has 2 heterocycles. The van der Waals surface area contributed by atoms with Crippen molar-refractivity contribution in [1.82, 2.24) is 14.7 Å². The molecule has 1 fully saturated rings. The third-order valence-corrected chi connectivity index (χ3v) is 2.72. The average Bonchev–Trinajstić information content (AvgIpc) is 2.56.